The van der Waals surface area contributed by atoms with Gasteiger partial charge in [-0.05, 0) is 52.1 Å². The summed E-state index contributed by atoms with van der Waals surface area (Å²) in [5, 5.41) is 5.88. The summed E-state index contributed by atoms with van der Waals surface area (Å²) >= 11 is 0. The predicted molar refractivity (Wildman–Crippen MR) is 74.0 cm³/mol. The summed E-state index contributed by atoms with van der Waals surface area (Å²) in [4.78, 5) is 11.7. The average molecular weight is 250 g/mol. The standard InChI is InChI=1S/C14H22N2O2/c1-10(2)18-13-7-5-12(6-8-13)16-14(17)9-11(3)15-4/h5-8,10-11,15H,9H2,1-4H3,(H,16,17). The molecule has 4 nitrogen and oxygen atoms in total. The van der Waals surface area contributed by atoms with E-state index in [1.807, 2.05) is 52.1 Å². The molecular formula is C14H22N2O2. The first kappa shape index (κ1) is 14.5. The van der Waals surface area contributed by atoms with Crippen LogP contribution in [0.4, 0.5) is 5.69 Å². The van der Waals surface area contributed by atoms with Crippen molar-refractivity contribution in [3.63, 3.8) is 0 Å². The Hall–Kier alpha value is -1.55. The molecule has 0 fully saturated rings. The van der Waals surface area contributed by atoms with E-state index in [0.717, 1.165) is 11.4 Å². The molecule has 2 N–H and O–H groups in total. The third kappa shape index (κ3) is 5.19. The third-order valence-electron chi connectivity index (χ3n) is 2.49. The zero-order chi connectivity index (χ0) is 13.5. The second kappa shape index (κ2) is 7.01. The van der Waals surface area contributed by atoms with Gasteiger partial charge in [-0.1, -0.05) is 0 Å². The molecule has 0 saturated carbocycles. The normalized spacial score (nSPS) is 12.3. The molecular weight excluding hydrogens is 228 g/mol. The minimum Gasteiger partial charge on any atom is -0.491 e. The highest BCUT2D eigenvalue weighted by atomic mass is 16.5. The van der Waals surface area contributed by atoms with Gasteiger partial charge in [0.1, 0.15) is 5.75 Å². The largest absolute Gasteiger partial charge is 0.491 e. The maximum atomic E-state index is 11.7. The first-order chi connectivity index (χ1) is 8.51. The van der Waals surface area contributed by atoms with Crippen molar-refractivity contribution in [2.24, 2.45) is 0 Å². The van der Waals surface area contributed by atoms with Gasteiger partial charge in [0.05, 0.1) is 6.10 Å². The van der Waals surface area contributed by atoms with E-state index in [0.29, 0.717) is 6.42 Å². The predicted octanol–water partition coefficient (Wildman–Crippen LogP) is 2.41. The van der Waals surface area contributed by atoms with Gasteiger partial charge < -0.3 is 15.4 Å². The van der Waals surface area contributed by atoms with Crippen molar-refractivity contribution in [1.29, 1.82) is 0 Å². The fourth-order valence-corrected chi connectivity index (χ4v) is 1.48. The van der Waals surface area contributed by atoms with Crippen LogP contribution in [0.1, 0.15) is 27.2 Å². The fraction of sp³-hybridized carbons (Fsp3) is 0.500. The highest BCUT2D eigenvalue weighted by molar-refractivity contribution is 5.91. The van der Waals surface area contributed by atoms with Crippen LogP contribution in [0.3, 0.4) is 0 Å². The summed E-state index contributed by atoms with van der Waals surface area (Å²) in [7, 11) is 1.84. The van der Waals surface area contributed by atoms with E-state index in [2.05, 4.69) is 10.6 Å². The van der Waals surface area contributed by atoms with Crippen molar-refractivity contribution < 1.29 is 9.53 Å². The fourth-order valence-electron chi connectivity index (χ4n) is 1.48. The number of ether oxygens (including phenoxy) is 1. The van der Waals surface area contributed by atoms with Gasteiger partial charge in [0.15, 0.2) is 0 Å². The summed E-state index contributed by atoms with van der Waals surface area (Å²) in [6.45, 7) is 5.93. The smallest absolute Gasteiger partial charge is 0.225 e. The molecule has 1 unspecified atom stereocenters. The van der Waals surface area contributed by atoms with Crippen LogP contribution < -0.4 is 15.4 Å². The maximum Gasteiger partial charge on any atom is 0.225 e. The Kier molecular flexibility index (Phi) is 5.65. The molecule has 1 rings (SSSR count). The lowest BCUT2D eigenvalue weighted by Gasteiger charge is -2.12. The number of nitrogens with one attached hydrogen (secondary N) is 2. The Morgan fingerprint density at radius 2 is 1.83 bits per heavy atom. The summed E-state index contributed by atoms with van der Waals surface area (Å²) in [5.41, 5.74) is 0.791. The molecule has 0 aliphatic heterocycles. The minimum absolute atomic E-state index is 0.00868. The number of anilines is 1. The van der Waals surface area contributed by atoms with Crippen molar-refractivity contribution in [2.45, 2.75) is 39.3 Å². The lowest BCUT2D eigenvalue weighted by atomic mass is 10.2. The summed E-state index contributed by atoms with van der Waals surface area (Å²) in [6, 6.07) is 7.58. The van der Waals surface area contributed by atoms with E-state index >= 15 is 0 Å². The van der Waals surface area contributed by atoms with Crippen LogP contribution in [-0.4, -0.2) is 25.1 Å². The minimum atomic E-state index is 0.00868. The van der Waals surface area contributed by atoms with Crippen LogP contribution in [-0.2, 0) is 4.79 Å². The van der Waals surface area contributed by atoms with Gasteiger partial charge in [-0.15, -0.1) is 0 Å². The number of carbonyl (C=O) groups excluding carboxylic acids is 1. The van der Waals surface area contributed by atoms with Crippen LogP contribution >= 0.6 is 0 Å². The molecule has 1 atom stereocenters. The molecule has 0 radical (unpaired) electrons. The topological polar surface area (TPSA) is 50.4 Å². The van der Waals surface area contributed by atoms with Crippen molar-refractivity contribution in [1.82, 2.24) is 5.32 Å². The van der Waals surface area contributed by atoms with Crippen LogP contribution in [0.15, 0.2) is 24.3 Å². The zero-order valence-electron chi connectivity index (χ0n) is 11.5. The second-order valence-corrected chi connectivity index (χ2v) is 4.63. The highest BCUT2D eigenvalue weighted by Crippen LogP contribution is 2.17. The summed E-state index contributed by atoms with van der Waals surface area (Å²) < 4.78 is 5.53. The number of amides is 1. The molecule has 100 valence electrons. The Morgan fingerprint density at radius 3 is 2.33 bits per heavy atom. The van der Waals surface area contributed by atoms with E-state index < -0.39 is 0 Å². The van der Waals surface area contributed by atoms with Gasteiger partial charge >= 0.3 is 0 Å². The Balaban J connectivity index is 2.50. The summed E-state index contributed by atoms with van der Waals surface area (Å²) in [6.07, 6.45) is 0.614. The van der Waals surface area contributed by atoms with E-state index in [4.69, 9.17) is 4.74 Å². The molecule has 0 bridgehead atoms. The molecule has 0 spiro atoms. The van der Waals surface area contributed by atoms with Gasteiger partial charge in [-0.3, -0.25) is 4.79 Å². The number of benzene rings is 1. The van der Waals surface area contributed by atoms with Crippen LogP contribution in [0.2, 0.25) is 0 Å². The van der Waals surface area contributed by atoms with Gasteiger partial charge in [-0.25, -0.2) is 0 Å². The SMILES string of the molecule is CNC(C)CC(=O)Nc1ccc(OC(C)C)cc1. The molecule has 0 heterocycles. The molecule has 1 aromatic rings. The third-order valence-corrected chi connectivity index (χ3v) is 2.49. The van der Waals surface area contributed by atoms with Gasteiger partial charge in [0, 0.05) is 18.2 Å². The molecule has 4 heteroatoms. The Morgan fingerprint density at radius 1 is 1.22 bits per heavy atom. The second-order valence-electron chi connectivity index (χ2n) is 4.63. The molecule has 0 saturated heterocycles. The molecule has 1 aromatic carbocycles. The average Bonchev–Trinajstić information content (AvgIpc) is 2.30. The van der Waals surface area contributed by atoms with Crippen LogP contribution in [0.25, 0.3) is 0 Å². The molecule has 0 aliphatic carbocycles. The van der Waals surface area contributed by atoms with Crippen LogP contribution in [0, 0.1) is 0 Å². The van der Waals surface area contributed by atoms with Crippen molar-refractivity contribution in [3.05, 3.63) is 24.3 Å². The van der Waals surface area contributed by atoms with Crippen LogP contribution in [0.5, 0.6) is 5.75 Å². The zero-order valence-corrected chi connectivity index (χ0v) is 11.5. The van der Waals surface area contributed by atoms with Gasteiger partial charge in [0.2, 0.25) is 5.91 Å². The van der Waals surface area contributed by atoms with Gasteiger partial charge in [-0.2, -0.15) is 0 Å². The van der Waals surface area contributed by atoms with Gasteiger partial charge in [0.25, 0.3) is 0 Å². The van der Waals surface area contributed by atoms with E-state index in [1.54, 1.807) is 0 Å². The number of hydrogen-bond acceptors (Lipinski definition) is 3. The summed E-state index contributed by atoms with van der Waals surface area (Å²) in [5.74, 6) is 0.820. The lowest BCUT2D eigenvalue weighted by Crippen LogP contribution is -2.27. The molecule has 0 aliphatic rings. The first-order valence-corrected chi connectivity index (χ1v) is 6.25. The highest BCUT2D eigenvalue weighted by Gasteiger charge is 2.07. The van der Waals surface area contributed by atoms with Crippen molar-refractivity contribution in [3.8, 4) is 5.75 Å². The molecule has 0 aromatic heterocycles. The number of rotatable bonds is 6. The van der Waals surface area contributed by atoms with Crippen molar-refractivity contribution in [2.75, 3.05) is 12.4 Å². The molecule has 18 heavy (non-hydrogen) atoms. The van der Waals surface area contributed by atoms with E-state index in [1.165, 1.54) is 0 Å². The quantitative estimate of drug-likeness (QED) is 0.815. The Bertz CT molecular complexity index is 374. The molecule has 1 amide bonds. The van der Waals surface area contributed by atoms with E-state index in [-0.39, 0.29) is 18.1 Å². The first-order valence-electron chi connectivity index (χ1n) is 6.25. The number of carbonyl (C=O) groups is 1. The number of hydrogen-bond donors (Lipinski definition) is 2. The monoisotopic (exact) mass is 250 g/mol. The lowest BCUT2D eigenvalue weighted by molar-refractivity contribution is -0.116. The Labute approximate surface area is 109 Å². The van der Waals surface area contributed by atoms with E-state index in [9.17, 15) is 4.79 Å². The maximum absolute atomic E-state index is 11.7. The van der Waals surface area contributed by atoms with Crippen molar-refractivity contribution >= 4 is 11.6 Å².